The van der Waals surface area contributed by atoms with Gasteiger partial charge in [-0.1, -0.05) is 0 Å². The van der Waals surface area contributed by atoms with Crippen LogP contribution in [0.3, 0.4) is 0 Å². The molecule has 1 aromatic rings. The number of rotatable bonds is 4. The van der Waals surface area contributed by atoms with Gasteiger partial charge in [-0.25, -0.2) is 0 Å². The monoisotopic (exact) mass is 182 g/mol. The molecule has 13 heavy (non-hydrogen) atoms. The van der Waals surface area contributed by atoms with E-state index in [0.29, 0.717) is 5.69 Å². The van der Waals surface area contributed by atoms with E-state index in [9.17, 15) is 9.90 Å². The third-order valence-corrected chi connectivity index (χ3v) is 1.56. The topological polar surface area (TPSA) is 83.3 Å². The normalized spacial score (nSPS) is 12.4. The number of hydrogen-bond acceptors (Lipinski definition) is 4. The third kappa shape index (κ3) is 3.16. The number of aliphatic hydroxyl groups excluding tert-OH is 1. The number of aliphatic carboxylic acids is 1. The molecule has 0 radical (unpaired) electrons. The Hall–Kier alpha value is -1.49. The number of hydrogen-bond donors (Lipinski definition) is 2. The largest absolute Gasteiger partial charge is 0.481 e. The highest BCUT2D eigenvalue weighted by molar-refractivity contribution is 5.66. The SMILES string of the molecule is O=C(O)CC[C@@H](O)c1cnccn1. The lowest BCUT2D eigenvalue weighted by atomic mass is 10.1. The van der Waals surface area contributed by atoms with Crippen LogP contribution in [0.15, 0.2) is 18.6 Å². The van der Waals surface area contributed by atoms with Crippen molar-refractivity contribution in [3.63, 3.8) is 0 Å². The van der Waals surface area contributed by atoms with Crippen molar-refractivity contribution in [3.05, 3.63) is 24.3 Å². The van der Waals surface area contributed by atoms with Gasteiger partial charge < -0.3 is 10.2 Å². The summed E-state index contributed by atoms with van der Waals surface area (Å²) in [6.45, 7) is 0. The van der Waals surface area contributed by atoms with E-state index in [4.69, 9.17) is 5.11 Å². The van der Waals surface area contributed by atoms with Crippen molar-refractivity contribution in [1.82, 2.24) is 9.97 Å². The molecule has 0 saturated heterocycles. The van der Waals surface area contributed by atoms with Crippen LogP contribution in [0.5, 0.6) is 0 Å². The minimum atomic E-state index is -0.928. The van der Waals surface area contributed by atoms with E-state index in [0.717, 1.165) is 0 Å². The zero-order valence-electron chi connectivity index (χ0n) is 6.92. The van der Waals surface area contributed by atoms with Crippen LogP contribution in [0.1, 0.15) is 24.6 Å². The summed E-state index contributed by atoms with van der Waals surface area (Å²) in [5, 5.41) is 17.8. The molecule has 0 saturated carbocycles. The second-order valence-corrected chi connectivity index (χ2v) is 2.58. The average molecular weight is 182 g/mol. The summed E-state index contributed by atoms with van der Waals surface area (Å²) >= 11 is 0. The van der Waals surface area contributed by atoms with Crippen LogP contribution in [0.4, 0.5) is 0 Å². The molecule has 0 aliphatic heterocycles. The highest BCUT2D eigenvalue weighted by Gasteiger charge is 2.10. The van der Waals surface area contributed by atoms with E-state index >= 15 is 0 Å². The van der Waals surface area contributed by atoms with Crippen molar-refractivity contribution >= 4 is 5.97 Å². The second-order valence-electron chi connectivity index (χ2n) is 2.58. The fraction of sp³-hybridized carbons (Fsp3) is 0.375. The number of carboxylic acids is 1. The van der Waals surface area contributed by atoms with Crippen LogP contribution in [0.2, 0.25) is 0 Å². The quantitative estimate of drug-likeness (QED) is 0.703. The zero-order chi connectivity index (χ0) is 9.68. The Kier molecular flexibility index (Phi) is 3.33. The van der Waals surface area contributed by atoms with Crippen LogP contribution >= 0.6 is 0 Å². The van der Waals surface area contributed by atoms with Gasteiger partial charge in [0.25, 0.3) is 0 Å². The molecule has 1 aromatic heterocycles. The molecule has 0 fully saturated rings. The van der Waals surface area contributed by atoms with Crippen molar-refractivity contribution in [1.29, 1.82) is 0 Å². The van der Waals surface area contributed by atoms with Gasteiger partial charge >= 0.3 is 5.97 Å². The summed E-state index contributed by atoms with van der Waals surface area (Å²) in [5.74, 6) is -0.928. The molecule has 5 nitrogen and oxygen atoms in total. The van der Waals surface area contributed by atoms with Crippen LogP contribution < -0.4 is 0 Å². The van der Waals surface area contributed by atoms with E-state index in [1.54, 1.807) is 0 Å². The maximum Gasteiger partial charge on any atom is 0.303 e. The number of aliphatic hydroxyl groups is 1. The Balaban J connectivity index is 2.49. The Morgan fingerprint density at radius 3 is 2.85 bits per heavy atom. The zero-order valence-corrected chi connectivity index (χ0v) is 6.92. The van der Waals surface area contributed by atoms with Crippen molar-refractivity contribution in [2.24, 2.45) is 0 Å². The molecule has 0 amide bonds. The molecule has 5 heteroatoms. The van der Waals surface area contributed by atoms with Gasteiger partial charge in [-0.15, -0.1) is 0 Å². The molecule has 1 atom stereocenters. The molecule has 0 aromatic carbocycles. The van der Waals surface area contributed by atoms with Gasteiger partial charge in [-0.3, -0.25) is 14.8 Å². The minimum Gasteiger partial charge on any atom is -0.481 e. The molecule has 2 N–H and O–H groups in total. The number of carboxylic acid groups (broad SMARTS) is 1. The van der Waals surface area contributed by atoms with Gasteiger partial charge in [0, 0.05) is 18.8 Å². The minimum absolute atomic E-state index is 0.0717. The van der Waals surface area contributed by atoms with Crippen LogP contribution in [-0.4, -0.2) is 26.2 Å². The molecule has 0 aliphatic rings. The Morgan fingerprint density at radius 2 is 2.31 bits per heavy atom. The smallest absolute Gasteiger partial charge is 0.303 e. The average Bonchev–Trinajstić information content (AvgIpc) is 2.15. The fourth-order valence-corrected chi connectivity index (χ4v) is 0.891. The van der Waals surface area contributed by atoms with Crippen molar-refractivity contribution in [2.45, 2.75) is 18.9 Å². The lowest BCUT2D eigenvalue weighted by Crippen LogP contribution is -2.04. The first-order valence-electron chi connectivity index (χ1n) is 3.86. The standard InChI is InChI=1S/C8H10N2O3/c11-7(1-2-8(12)13)6-5-9-3-4-10-6/h3-5,7,11H,1-2H2,(H,12,13)/t7-/m1/s1. The molecule has 0 aliphatic carbocycles. The van der Waals surface area contributed by atoms with E-state index < -0.39 is 12.1 Å². The van der Waals surface area contributed by atoms with Gasteiger partial charge in [0.05, 0.1) is 18.0 Å². The molecule has 70 valence electrons. The number of aromatic nitrogens is 2. The van der Waals surface area contributed by atoms with Crippen LogP contribution in [0.25, 0.3) is 0 Å². The van der Waals surface area contributed by atoms with E-state index in [-0.39, 0.29) is 12.8 Å². The van der Waals surface area contributed by atoms with E-state index in [1.807, 2.05) is 0 Å². The highest BCUT2D eigenvalue weighted by atomic mass is 16.4. The predicted octanol–water partition coefficient (Wildman–Crippen LogP) is 0.375. The van der Waals surface area contributed by atoms with Gasteiger partial charge in [0.1, 0.15) is 0 Å². The van der Waals surface area contributed by atoms with Gasteiger partial charge in [-0.05, 0) is 6.42 Å². The van der Waals surface area contributed by atoms with Crippen molar-refractivity contribution in [3.8, 4) is 0 Å². The lowest BCUT2D eigenvalue weighted by molar-refractivity contribution is -0.137. The summed E-state index contributed by atoms with van der Waals surface area (Å²) in [6.07, 6.45) is 3.62. The van der Waals surface area contributed by atoms with Crippen molar-refractivity contribution < 1.29 is 15.0 Å². The first-order chi connectivity index (χ1) is 6.20. The number of carbonyl (C=O) groups is 1. The highest BCUT2D eigenvalue weighted by Crippen LogP contribution is 2.13. The van der Waals surface area contributed by atoms with Gasteiger partial charge in [0.15, 0.2) is 0 Å². The van der Waals surface area contributed by atoms with Crippen LogP contribution in [0, 0.1) is 0 Å². The predicted molar refractivity (Wildman–Crippen MR) is 43.9 cm³/mol. The molecule has 0 spiro atoms. The Labute approximate surface area is 75.1 Å². The summed E-state index contributed by atoms with van der Waals surface area (Å²) in [4.78, 5) is 17.8. The fourth-order valence-electron chi connectivity index (χ4n) is 0.891. The Bertz CT molecular complexity index is 276. The maximum absolute atomic E-state index is 10.2. The summed E-state index contributed by atoms with van der Waals surface area (Å²) in [5.41, 5.74) is 0.406. The first kappa shape index (κ1) is 9.60. The molecule has 1 heterocycles. The lowest BCUT2D eigenvalue weighted by Gasteiger charge is -2.06. The Morgan fingerprint density at radius 1 is 1.54 bits per heavy atom. The van der Waals surface area contributed by atoms with Crippen LogP contribution in [-0.2, 0) is 4.79 Å². The summed E-state index contributed by atoms with van der Waals surface area (Å²) < 4.78 is 0. The molecule has 0 bridgehead atoms. The van der Waals surface area contributed by atoms with Gasteiger partial charge in [0.2, 0.25) is 0 Å². The third-order valence-electron chi connectivity index (χ3n) is 1.56. The summed E-state index contributed by atoms with van der Waals surface area (Å²) in [6, 6.07) is 0. The van der Waals surface area contributed by atoms with Crippen molar-refractivity contribution in [2.75, 3.05) is 0 Å². The number of nitrogens with zero attached hydrogens (tertiary/aromatic N) is 2. The molecular formula is C8H10N2O3. The van der Waals surface area contributed by atoms with E-state index in [2.05, 4.69) is 9.97 Å². The molecular weight excluding hydrogens is 172 g/mol. The molecule has 1 rings (SSSR count). The maximum atomic E-state index is 10.2. The van der Waals surface area contributed by atoms with Gasteiger partial charge in [-0.2, -0.15) is 0 Å². The van der Waals surface area contributed by atoms with E-state index in [1.165, 1.54) is 18.6 Å². The summed E-state index contributed by atoms with van der Waals surface area (Å²) in [7, 11) is 0. The second kappa shape index (κ2) is 4.51. The first-order valence-corrected chi connectivity index (χ1v) is 3.86. The molecule has 0 unspecified atom stereocenters.